The fourth-order valence-electron chi connectivity index (χ4n) is 1.62. The quantitative estimate of drug-likeness (QED) is 0.848. The average molecular weight is 296 g/mol. The fraction of sp³-hybridized carbons (Fsp3) is 0.0769. The van der Waals surface area contributed by atoms with E-state index in [4.69, 9.17) is 10.5 Å². The molecule has 7 heteroatoms. The number of halogens is 1. The first kappa shape index (κ1) is 14.1. The third-order valence-corrected chi connectivity index (χ3v) is 3.97. The van der Waals surface area contributed by atoms with Crippen LogP contribution in [0.3, 0.4) is 0 Å². The number of benzene rings is 2. The van der Waals surface area contributed by atoms with Crippen molar-refractivity contribution in [3.63, 3.8) is 0 Å². The summed E-state index contributed by atoms with van der Waals surface area (Å²) >= 11 is 0. The van der Waals surface area contributed by atoms with E-state index in [0.717, 1.165) is 12.1 Å². The maximum Gasteiger partial charge on any atom is 0.262 e. The Hall–Kier alpha value is -2.28. The van der Waals surface area contributed by atoms with Crippen LogP contribution in [0.5, 0.6) is 5.75 Å². The van der Waals surface area contributed by atoms with Gasteiger partial charge < -0.3 is 10.5 Å². The van der Waals surface area contributed by atoms with Gasteiger partial charge in [0.25, 0.3) is 10.0 Å². The van der Waals surface area contributed by atoms with Crippen LogP contribution < -0.4 is 15.2 Å². The third-order valence-electron chi connectivity index (χ3n) is 2.59. The number of rotatable bonds is 4. The Morgan fingerprint density at radius 2 is 1.80 bits per heavy atom. The number of ether oxygens (including phenoxy) is 1. The minimum atomic E-state index is -3.83. The zero-order valence-electron chi connectivity index (χ0n) is 10.6. The van der Waals surface area contributed by atoms with E-state index < -0.39 is 15.8 Å². The number of methoxy groups -OCH3 is 1. The van der Waals surface area contributed by atoms with Gasteiger partial charge in [-0.2, -0.15) is 0 Å². The Labute approximate surface area is 116 Å². The Bertz CT molecular complexity index is 715. The minimum Gasteiger partial charge on any atom is -0.495 e. The number of hydrogen-bond donors (Lipinski definition) is 2. The average Bonchev–Trinajstić information content (AvgIpc) is 2.39. The lowest BCUT2D eigenvalue weighted by molar-refractivity contribution is 0.417. The first-order chi connectivity index (χ1) is 9.42. The third kappa shape index (κ3) is 3.00. The predicted molar refractivity (Wildman–Crippen MR) is 74.6 cm³/mol. The van der Waals surface area contributed by atoms with E-state index >= 15 is 0 Å². The Balaban J connectivity index is 2.37. The van der Waals surface area contributed by atoms with Gasteiger partial charge in [0.05, 0.1) is 17.7 Å². The van der Waals surface area contributed by atoms with Gasteiger partial charge in [-0.1, -0.05) is 0 Å². The van der Waals surface area contributed by atoms with Crippen LogP contribution in [0.1, 0.15) is 0 Å². The lowest BCUT2D eigenvalue weighted by Crippen LogP contribution is -2.13. The molecule has 2 aromatic carbocycles. The molecule has 2 rings (SSSR count). The van der Waals surface area contributed by atoms with Crippen LogP contribution in [-0.4, -0.2) is 15.5 Å². The van der Waals surface area contributed by atoms with Crippen molar-refractivity contribution in [3.05, 3.63) is 48.3 Å². The summed E-state index contributed by atoms with van der Waals surface area (Å²) in [5, 5.41) is 0. The number of sulfonamides is 1. The van der Waals surface area contributed by atoms with Gasteiger partial charge >= 0.3 is 0 Å². The lowest BCUT2D eigenvalue weighted by atomic mass is 10.2. The molecule has 0 spiro atoms. The van der Waals surface area contributed by atoms with E-state index in [2.05, 4.69) is 4.72 Å². The normalized spacial score (nSPS) is 11.1. The molecule has 0 unspecified atom stereocenters. The molecule has 0 heterocycles. The summed E-state index contributed by atoms with van der Waals surface area (Å²) in [5.74, 6) is -0.171. The maximum absolute atomic E-state index is 12.8. The van der Waals surface area contributed by atoms with Crippen LogP contribution in [-0.2, 0) is 10.0 Å². The highest BCUT2D eigenvalue weighted by molar-refractivity contribution is 7.92. The van der Waals surface area contributed by atoms with Crippen LogP contribution in [0.15, 0.2) is 47.4 Å². The predicted octanol–water partition coefficient (Wildman–Crippen LogP) is 2.22. The van der Waals surface area contributed by atoms with Gasteiger partial charge in [0.2, 0.25) is 0 Å². The van der Waals surface area contributed by atoms with Gasteiger partial charge in [-0.15, -0.1) is 0 Å². The van der Waals surface area contributed by atoms with Crippen LogP contribution in [0.4, 0.5) is 15.8 Å². The largest absolute Gasteiger partial charge is 0.495 e. The van der Waals surface area contributed by atoms with Crippen LogP contribution in [0.25, 0.3) is 0 Å². The fourth-order valence-corrected chi connectivity index (χ4v) is 2.68. The molecule has 3 N–H and O–H groups in total. The standard InChI is InChI=1S/C13H13FN2O3S/c1-19-13-7-4-10(15)8-12(13)16-20(17,18)11-5-2-9(14)3-6-11/h2-8,16H,15H2,1H3. The van der Waals surface area contributed by atoms with Gasteiger partial charge in [-0.3, -0.25) is 4.72 Å². The molecule has 0 aliphatic heterocycles. The summed E-state index contributed by atoms with van der Waals surface area (Å²) in [5.41, 5.74) is 6.23. The molecule has 0 atom stereocenters. The minimum absolute atomic E-state index is 0.0524. The van der Waals surface area contributed by atoms with E-state index in [1.807, 2.05) is 0 Å². The maximum atomic E-state index is 12.8. The molecule has 5 nitrogen and oxygen atoms in total. The molecule has 0 saturated heterocycles. The Kier molecular flexibility index (Phi) is 3.80. The van der Waals surface area contributed by atoms with Gasteiger partial charge in [0, 0.05) is 5.69 Å². The number of nitrogens with two attached hydrogens (primary N) is 1. The lowest BCUT2D eigenvalue weighted by Gasteiger charge is -2.12. The molecular formula is C13H13FN2O3S. The van der Waals surface area contributed by atoms with E-state index in [0.29, 0.717) is 11.4 Å². The van der Waals surface area contributed by atoms with Crippen molar-refractivity contribution in [2.24, 2.45) is 0 Å². The summed E-state index contributed by atoms with van der Waals surface area (Å²) in [6, 6.07) is 9.09. The molecule has 0 radical (unpaired) electrons. The van der Waals surface area contributed by atoms with Gasteiger partial charge in [0.15, 0.2) is 0 Å². The van der Waals surface area contributed by atoms with Crippen molar-refractivity contribution < 1.29 is 17.5 Å². The first-order valence-electron chi connectivity index (χ1n) is 5.64. The van der Waals surface area contributed by atoms with Crippen molar-refractivity contribution in [3.8, 4) is 5.75 Å². The Morgan fingerprint density at radius 1 is 1.15 bits per heavy atom. The molecule has 0 aliphatic rings. The summed E-state index contributed by atoms with van der Waals surface area (Å²) in [7, 11) is -2.41. The molecule has 0 amide bonds. The number of nitrogen functional groups attached to an aromatic ring is 1. The van der Waals surface area contributed by atoms with Gasteiger partial charge in [-0.25, -0.2) is 12.8 Å². The molecule has 0 aromatic heterocycles. The number of hydrogen-bond acceptors (Lipinski definition) is 4. The number of nitrogens with one attached hydrogen (secondary N) is 1. The second-order valence-corrected chi connectivity index (χ2v) is 5.70. The second-order valence-electron chi connectivity index (χ2n) is 4.02. The molecule has 0 saturated carbocycles. The summed E-state index contributed by atoms with van der Waals surface area (Å²) < 4.78 is 44.6. The molecule has 20 heavy (non-hydrogen) atoms. The van der Waals surface area contributed by atoms with E-state index in [1.165, 1.54) is 25.3 Å². The topological polar surface area (TPSA) is 81.4 Å². The van der Waals surface area contributed by atoms with Crippen LogP contribution >= 0.6 is 0 Å². The Morgan fingerprint density at radius 3 is 2.40 bits per heavy atom. The summed E-state index contributed by atoms with van der Waals surface area (Å²) in [4.78, 5) is -0.0524. The first-order valence-corrected chi connectivity index (χ1v) is 7.12. The van der Waals surface area contributed by atoms with Crippen molar-refractivity contribution in [2.75, 3.05) is 17.6 Å². The van der Waals surface area contributed by atoms with E-state index in [-0.39, 0.29) is 10.6 Å². The van der Waals surface area contributed by atoms with E-state index in [1.54, 1.807) is 12.1 Å². The van der Waals surface area contributed by atoms with Crippen LogP contribution in [0.2, 0.25) is 0 Å². The molecule has 2 aromatic rings. The highest BCUT2D eigenvalue weighted by Gasteiger charge is 2.16. The zero-order chi connectivity index (χ0) is 14.8. The van der Waals surface area contributed by atoms with Crippen molar-refractivity contribution >= 4 is 21.4 Å². The van der Waals surface area contributed by atoms with Crippen molar-refractivity contribution in [1.29, 1.82) is 0 Å². The monoisotopic (exact) mass is 296 g/mol. The highest BCUT2D eigenvalue weighted by Crippen LogP contribution is 2.28. The van der Waals surface area contributed by atoms with Gasteiger partial charge in [-0.05, 0) is 42.5 Å². The van der Waals surface area contributed by atoms with Gasteiger partial charge in [0.1, 0.15) is 11.6 Å². The van der Waals surface area contributed by atoms with Crippen molar-refractivity contribution in [1.82, 2.24) is 0 Å². The molecular weight excluding hydrogens is 283 g/mol. The smallest absolute Gasteiger partial charge is 0.262 e. The molecule has 0 aliphatic carbocycles. The number of anilines is 2. The summed E-state index contributed by atoms with van der Waals surface area (Å²) in [6.07, 6.45) is 0. The SMILES string of the molecule is COc1ccc(N)cc1NS(=O)(=O)c1ccc(F)cc1. The highest BCUT2D eigenvalue weighted by atomic mass is 32.2. The molecule has 0 bridgehead atoms. The molecule has 106 valence electrons. The molecule has 0 fully saturated rings. The van der Waals surface area contributed by atoms with E-state index in [9.17, 15) is 12.8 Å². The summed E-state index contributed by atoms with van der Waals surface area (Å²) in [6.45, 7) is 0. The zero-order valence-corrected chi connectivity index (χ0v) is 11.4. The second kappa shape index (κ2) is 5.38. The van der Waals surface area contributed by atoms with Crippen LogP contribution in [0, 0.1) is 5.82 Å². The van der Waals surface area contributed by atoms with Crippen molar-refractivity contribution in [2.45, 2.75) is 4.90 Å².